The van der Waals surface area contributed by atoms with Crippen molar-refractivity contribution in [2.24, 2.45) is 0 Å². The predicted octanol–water partition coefficient (Wildman–Crippen LogP) is 3.52. The van der Waals surface area contributed by atoms with Crippen molar-refractivity contribution in [3.63, 3.8) is 0 Å². The molecule has 4 heteroatoms. The van der Waals surface area contributed by atoms with Crippen molar-refractivity contribution in [2.75, 3.05) is 5.73 Å². The maximum absolute atomic E-state index is 13.3. The summed E-state index contributed by atoms with van der Waals surface area (Å²) >= 11 is 0. The Labute approximate surface area is 103 Å². The number of oxazole rings is 1. The Morgan fingerprint density at radius 2 is 2.00 bits per heavy atom. The van der Waals surface area contributed by atoms with E-state index < -0.39 is 0 Å². The number of fused-ring (bicyclic) bond motifs is 1. The Hall–Kier alpha value is -2.36. The van der Waals surface area contributed by atoms with Crippen LogP contribution >= 0.6 is 0 Å². The van der Waals surface area contributed by atoms with Crippen LogP contribution < -0.4 is 5.73 Å². The van der Waals surface area contributed by atoms with Gasteiger partial charge in [0.2, 0.25) is 5.89 Å². The van der Waals surface area contributed by atoms with E-state index in [9.17, 15) is 4.39 Å². The number of aromatic nitrogens is 1. The molecule has 0 unspecified atom stereocenters. The molecule has 0 saturated heterocycles. The number of hydrogen-bond donors (Lipinski definition) is 1. The van der Waals surface area contributed by atoms with Gasteiger partial charge in [-0.15, -0.1) is 0 Å². The van der Waals surface area contributed by atoms with Crippen molar-refractivity contribution in [3.8, 4) is 11.5 Å². The number of anilines is 1. The van der Waals surface area contributed by atoms with E-state index in [1.807, 2.05) is 6.92 Å². The number of nitrogens with two attached hydrogens (primary N) is 1. The van der Waals surface area contributed by atoms with Crippen molar-refractivity contribution < 1.29 is 8.81 Å². The topological polar surface area (TPSA) is 52.0 Å². The van der Waals surface area contributed by atoms with E-state index in [0.29, 0.717) is 28.2 Å². The second-order valence-electron chi connectivity index (χ2n) is 4.21. The summed E-state index contributed by atoms with van der Waals surface area (Å²) in [4.78, 5) is 4.34. The first-order valence-electron chi connectivity index (χ1n) is 5.56. The third kappa shape index (κ3) is 1.72. The minimum absolute atomic E-state index is 0.308. The number of nitrogens with zero attached hydrogens (tertiary/aromatic N) is 1. The van der Waals surface area contributed by atoms with E-state index in [-0.39, 0.29) is 5.82 Å². The van der Waals surface area contributed by atoms with Crippen LogP contribution in [0, 0.1) is 12.7 Å². The van der Waals surface area contributed by atoms with E-state index in [4.69, 9.17) is 10.2 Å². The molecule has 0 aliphatic rings. The van der Waals surface area contributed by atoms with Gasteiger partial charge in [-0.3, -0.25) is 0 Å². The molecular weight excluding hydrogens is 231 g/mol. The predicted molar refractivity (Wildman–Crippen MR) is 68.6 cm³/mol. The van der Waals surface area contributed by atoms with Gasteiger partial charge in [-0.2, -0.15) is 0 Å². The van der Waals surface area contributed by atoms with Gasteiger partial charge in [0.25, 0.3) is 0 Å². The number of aryl methyl sites for hydroxylation is 1. The van der Waals surface area contributed by atoms with Crippen LogP contribution in [0.4, 0.5) is 10.1 Å². The number of halogens is 1. The van der Waals surface area contributed by atoms with Gasteiger partial charge in [0.1, 0.15) is 11.3 Å². The highest BCUT2D eigenvalue weighted by Gasteiger charge is 2.11. The Bertz CT molecular complexity index is 734. The Morgan fingerprint density at radius 1 is 1.17 bits per heavy atom. The highest BCUT2D eigenvalue weighted by Crippen LogP contribution is 2.28. The molecule has 0 saturated carbocycles. The summed E-state index contributed by atoms with van der Waals surface area (Å²) in [6.45, 7) is 1.89. The van der Waals surface area contributed by atoms with Crippen LogP contribution in [0.3, 0.4) is 0 Å². The van der Waals surface area contributed by atoms with Gasteiger partial charge in [-0.1, -0.05) is 6.07 Å². The van der Waals surface area contributed by atoms with Crippen LogP contribution in [0.25, 0.3) is 22.6 Å². The van der Waals surface area contributed by atoms with Crippen LogP contribution in [0.2, 0.25) is 0 Å². The highest BCUT2D eigenvalue weighted by molar-refractivity contribution is 5.79. The largest absolute Gasteiger partial charge is 0.436 e. The second-order valence-corrected chi connectivity index (χ2v) is 4.21. The van der Waals surface area contributed by atoms with Gasteiger partial charge < -0.3 is 10.2 Å². The molecule has 0 radical (unpaired) electrons. The highest BCUT2D eigenvalue weighted by atomic mass is 19.1. The molecular formula is C14H11FN2O. The third-order valence-corrected chi connectivity index (χ3v) is 2.84. The molecule has 3 aromatic rings. The monoisotopic (exact) mass is 242 g/mol. The first kappa shape index (κ1) is 10.8. The number of nitrogen functional groups attached to an aromatic ring is 1. The van der Waals surface area contributed by atoms with Crippen LogP contribution in [0.1, 0.15) is 5.56 Å². The molecule has 3 rings (SSSR count). The van der Waals surface area contributed by atoms with Gasteiger partial charge in [0, 0.05) is 17.3 Å². The van der Waals surface area contributed by atoms with E-state index in [2.05, 4.69) is 4.98 Å². The van der Waals surface area contributed by atoms with Gasteiger partial charge in [-0.25, -0.2) is 9.37 Å². The van der Waals surface area contributed by atoms with Gasteiger partial charge in [0.15, 0.2) is 5.58 Å². The second kappa shape index (κ2) is 3.84. The third-order valence-electron chi connectivity index (χ3n) is 2.84. The number of rotatable bonds is 1. The summed E-state index contributed by atoms with van der Waals surface area (Å²) < 4.78 is 18.9. The minimum Gasteiger partial charge on any atom is -0.436 e. The standard InChI is InChI=1S/C14H11FN2O/c1-8-2-3-9(15)6-11(8)14-17-12-5-4-10(16)7-13(12)18-14/h2-7H,16H2,1H3. The fourth-order valence-electron chi connectivity index (χ4n) is 1.88. The average molecular weight is 242 g/mol. The first-order chi connectivity index (χ1) is 8.63. The van der Waals surface area contributed by atoms with Crippen LogP contribution in [-0.4, -0.2) is 4.98 Å². The number of hydrogen-bond acceptors (Lipinski definition) is 3. The molecule has 18 heavy (non-hydrogen) atoms. The molecule has 90 valence electrons. The van der Waals surface area contributed by atoms with Gasteiger partial charge in [-0.05, 0) is 36.8 Å². The quantitative estimate of drug-likeness (QED) is 0.664. The molecule has 0 atom stereocenters. The average Bonchev–Trinajstić information content (AvgIpc) is 2.74. The summed E-state index contributed by atoms with van der Waals surface area (Å²) in [6.07, 6.45) is 0. The lowest BCUT2D eigenvalue weighted by molar-refractivity contribution is 0.610. The molecule has 0 bridgehead atoms. The molecule has 3 nitrogen and oxygen atoms in total. The van der Waals surface area contributed by atoms with E-state index in [1.54, 1.807) is 24.3 Å². The lowest BCUT2D eigenvalue weighted by atomic mass is 10.1. The summed E-state index contributed by atoms with van der Waals surface area (Å²) in [6, 6.07) is 9.79. The van der Waals surface area contributed by atoms with Gasteiger partial charge in [0.05, 0.1) is 0 Å². The normalized spacial score (nSPS) is 11.0. The lowest BCUT2D eigenvalue weighted by Gasteiger charge is -2.00. The minimum atomic E-state index is -0.308. The maximum atomic E-state index is 13.3. The Morgan fingerprint density at radius 3 is 2.83 bits per heavy atom. The Kier molecular flexibility index (Phi) is 2.30. The molecule has 1 heterocycles. The number of benzene rings is 2. The zero-order chi connectivity index (χ0) is 12.7. The van der Waals surface area contributed by atoms with Crippen molar-refractivity contribution in [3.05, 3.63) is 47.8 Å². The van der Waals surface area contributed by atoms with E-state index >= 15 is 0 Å². The van der Waals surface area contributed by atoms with Crippen molar-refractivity contribution in [1.29, 1.82) is 0 Å². The van der Waals surface area contributed by atoms with E-state index in [1.165, 1.54) is 12.1 Å². The zero-order valence-electron chi connectivity index (χ0n) is 9.77. The van der Waals surface area contributed by atoms with Crippen LogP contribution in [0.5, 0.6) is 0 Å². The molecule has 1 aromatic heterocycles. The summed E-state index contributed by atoms with van der Waals surface area (Å²) in [5.74, 6) is 0.102. The van der Waals surface area contributed by atoms with E-state index in [0.717, 1.165) is 5.56 Å². The molecule has 2 N–H and O–H groups in total. The van der Waals surface area contributed by atoms with Crippen molar-refractivity contribution >= 4 is 16.8 Å². The summed E-state index contributed by atoms with van der Waals surface area (Å²) in [5.41, 5.74) is 9.18. The zero-order valence-corrected chi connectivity index (χ0v) is 9.77. The molecule has 0 spiro atoms. The molecule has 2 aromatic carbocycles. The van der Waals surface area contributed by atoms with Gasteiger partial charge >= 0.3 is 0 Å². The SMILES string of the molecule is Cc1ccc(F)cc1-c1nc2ccc(N)cc2o1. The molecule has 0 amide bonds. The first-order valence-corrected chi connectivity index (χ1v) is 5.56. The summed E-state index contributed by atoms with van der Waals surface area (Å²) in [5, 5.41) is 0. The molecule has 0 fully saturated rings. The van der Waals surface area contributed by atoms with Crippen molar-refractivity contribution in [1.82, 2.24) is 4.98 Å². The Balaban J connectivity index is 2.22. The smallest absolute Gasteiger partial charge is 0.227 e. The fraction of sp³-hybridized carbons (Fsp3) is 0.0714. The fourth-order valence-corrected chi connectivity index (χ4v) is 1.88. The maximum Gasteiger partial charge on any atom is 0.227 e. The molecule has 0 aliphatic heterocycles. The summed E-state index contributed by atoms with van der Waals surface area (Å²) in [7, 11) is 0. The lowest BCUT2D eigenvalue weighted by Crippen LogP contribution is -1.85. The van der Waals surface area contributed by atoms with Crippen molar-refractivity contribution in [2.45, 2.75) is 6.92 Å². The van der Waals surface area contributed by atoms with Crippen LogP contribution in [0.15, 0.2) is 40.8 Å². The molecule has 0 aliphatic carbocycles. The van der Waals surface area contributed by atoms with Crippen LogP contribution in [-0.2, 0) is 0 Å².